The van der Waals surface area contributed by atoms with E-state index in [0.717, 1.165) is 5.56 Å². The molecule has 0 radical (unpaired) electrons. The molecule has 132 valence electrons. The minimum Gasteiger partial charge on any atom is -0.378 e. The maximum atomic E-state index is 12.2. The Hall–Kier alpha value is -2.66. The van der Waals surface area contributed by atoms with Crippen molar-refractivity contribution < 1.29 is 14.7 Å². The smallest absolute Gasteiger partial charge is 0.257 e. The van der Waals surface area contributed by atoms with Gasteiger partial charge in [-0.15, -0.1) is 0 Å². The molecule has 2 rings (SSSR count). The first-order valence-corrected chi connectivity index (χ1v) is 8.14. The van der Waals surface area contributed by atoms with E-state index in [1.54, 1.807) is 36.4 Å². The van der Waals surface area contributed by atoms with Gasteiger partial charge in [-0.1, -0.05) is 57.2 Å². The van der Waals surface area contributed by atoms with E-state index < -0.39 is 17.4 Å². The second-order valence-electron chi connectivity index (χ2n) is 7.04. The molecule has 1 unspecified atom stereocenters. The molecule has 2 aromatic rings. The normalized spacial score (nSPS) is 12.4. The van der Waals surface area contributed by atoms with Crippen LogP contribution in [0.2, 0.25) is 0 Å². The number of hydrogen-bond acceptors (Lipinski definition) is 3. The Balaban J connectivity index is 2.14. The minimum atomic E-state index is -1.25. The van der Waals surface area contributed by atoms with Crippen molar-refractivity contribution in [3.63, 3.8) is 0 Å². The number of aliphatic hydroxyl groups is 1. The second kappa shape index (κ2) is 7.49. The molecule has 0 spiro atoms. The number of nitrogens with one attached hydrogen (secondary N) is 2. The van der Waals surface area contributed by atoms with Crippen LogP contribution in [0.4, 0.5) is 11.4 Å². The van der Waals surface area contributed by atoms with E-state index in [1.165, 1.54) is 0 Å². The first-order valence-electron chi connectivity index (χ1n) is 8.14. The Morgan fingerprint density at radius 1 is 1.00 bits per heavy atom. The number of amides is 2. The van der Waals surface area contributed by atoms with Gasteiger partial charge in [-0.3, -0.25) is 9.59 Å². The standard InChI is InChI=1S/C20H24N2O3/c1-13-10-11-15(12-16(13)22-19(25)20(2,3)4)21-18(24)17(23)14-8-6-5-7-9-14/h5-12,17,23H,1-4H3,(H,21,24)(H,22,25). The molecule has 2 aromatic carbocycles. The number of carbonyl (C=O) groups excluding carboxylic acids is 2. The predicted molar refractivity (Wildman–Crippen MR) is 99.3 cm³/mol. The third-order valence-electron chi connectivity index (χ3n) is 3.80. The van der Waals surface area contributed by atoms with E-state index in [0.29, 0.717) is 16.9 Å². The fourth-order valence-electron chi connectivity index (χ4n) is 2.14. The summed E-state index contributed by atoms with van der Waals surface area (Å²) in [5, 5.41) is 15.7. The zero-order valence-electron chi connectivity index (χ0n) is 15.0. The lowest BCUT2D eigenvalue weighted by Gasteiger charge is -2.19. The summed E-state index contributed by atoms with van der Waals surface area (Å²) in [7, 11) is 0. The van der Waals surface area contributed by atoms with E-state index in [1.807, 2.05) is 39.8 Å². The first-order chi connectivity index (χ1) is 11.7. The van der Waals surface area contributed by atoms with E-state index in [9.17, 15) is 14.7 Å². The van der Waals surface area contributed by atoms with Crippen molar-refractivity contribution in [1.29, 1.82) is 0 Å². The lowest BCUT2D eigenvalue weighted by Crippen LogP contribution is -2.28. The maximum absolute atomic E-state index is 12.2. The van der Waals surface area contributed by atoms with Crippen LogP contribution in [0.1, 0.15) is 38.0 Å². The average molecular weight is 340 g/mol. The lowest BCUT2D eigenvalue weighted by atomic mass is 9.95. The summed E-state index contributed by atoms with van der Waals surface area (Å²) in [4.78, 5) is 24.4. The highest BCUT2D eigenvalue weighted by molar-refractivity contribution is 5.98. The number of carbonyl (C=O) groups is 2. The van der Waals surface area contributed by atoms with Gasteiger partial charge in [0.2, 0.25) is 5.91 Å². The minimum absolute atomic E-state index is 0.108. The fourth-order valence-corrected chi connectivity index (χ4v) is 2.14. The van der Waals surface area contributed by atoms with Gasteiger partial charge in [0.05, 0.1) is 0 Å². The molecule has 0 saturated heterocycles. The highest BCUT2D eigenvalue weighted by atomic mass is 16.3. The number of rotatable bonds is 4. The topological polar surface area (TPSA) is 78.4 Å². The van der Waals surface area contributed by atoms with Crippen LogP contribution in [-0.2, 0) is 9.59 Å². The molecule has 5 nitrogen and oxygen atoms in total. The summed E-state index contributed by atoms with van der Waals surface area (Å²) < 4.78 is 0. The van der Waals surface area contributed by atoms with Gasteiger partial charge < -0.3 is 15.7 Å². The molecule has 0 fully saturated rings. The van der Waals surface area contributed by atoms with Crippen LogP contribution in [0, 0.1) is 12.3 Å². The Morgan fingerprint density at radius 3 is 2.24 bits per heavy atom. The molecule has 2 amide bonds. The van der Waals surface area contributed by atoms with Crippen LogP contribution in [-0.4, -0.2) is 16.9 Å². The van der Waals surface area contributed by atoms with E-state index in [2.05, 4.69) is 10.6 Å². The number of aliphatic hydroxyl groups excluding tert-OH is 1. The molecule has 0 bridgehead atoms. The molecule has 0 aliphatic carbocycles. The van der Waals surface area contributed by atoms with E-state index in [-0.39, 0.29) is 5.91 Å². The SMILES string of the molecule is Cc1ccc(NC(=O)C(O)c2ccccc2)cc1NC(=O)C(C)(C)C. The molecule has 0 aromatic heterocycles. The number of hydrogen-bond donors (Lipinski definition) is 3. The van der Waals surface area contributed by atoms with Gasteiger partial charge in [0, 0.05) is 16.8 Å². The summed E-state index contributed by atoms with van der Waals surface area (Å²) in [6, 6.07) is 14.0. The van der Waals surface area contributed by atoms with Gasteiger partial charge >= 0.3 is 0 Å². The molecule has 1 atom stereocenters. The van der Waals surface area contributed by atoms with Gasteiger partial charge in [0.25, 0.3) is 5.91 Å². The van der Waals surface area contributed by atoms with Crippen molar-refractivity contribution in [3.05, 3.63) is 59.7 Å². The van der Waals surface area contributed by atoms with Crippen LogP contribution >= 0.6 is 0 Å². The fraction of sp³-hybridized carbons (Fsp3) is 0.300. The summed E-state index contributed by atoms with van der Waals surface area (Å²) in [6.45, 7) is 7.38. The molecular weight excluding hydrogens is 316 g/mol. The molecule has 3 N–H and O–H groups in total. The third kappa shape index (κ3) is 4.90. The van der Waals surface area contributed by atoms with Crippen molar-refractivity contribution in [2.75, 3.05) is 10.6 Å². The van der Waals surface area contributed by atoms with Gasteiger partial charge in [-0.05, 0) is 30.2 Å². The summed E-state index contributed by atoms with van der Waals surface area (Å²) in [6.07, 6.45) is -1.25. The third-order valence-corrected chi connectivity index (χ3v) is 3.80. The Morgan fingerprint density at radius 2 is 1.64 bits per heavy atom. The molecule has 0 aliphatic heterocycles. The number of benzene rings is 2. The van der Waals surface area contributed by atoms with Crippen molar-refractivity contribution in [1.82, 2.24) is 0 Å². The lowest BCUT2D eigenvalue weighted by molar-refractivity contribution is -0.124. The number of aryl methyl sites for hydroxylation is 1. The zero-order valence-corrected chi connectivity index (χ0v) is 15.0. The summed E-state index contributed by atoms with van der Waals surface area (Å²) in [5.74, 6) is -0.633. The summed E-state index contributed by atoms with van der Waals surface area (Å²) in [5.41, 5.74) is 2.03. The second-order valence-corrected chi connectivity index (χ2v) is 7.04. The van der Waals surface area contributed by atoms with Gasteiger partial charge in [0.15, 0.2) is 6.10 Å². The van der Waals surface area contributed by atoms with Gasteiger partial charge in [-0.2, -0.15) is 0 Å². The quantitative estimate of drug-likeness (QED) is 0.795. The first kappa shape index (κ1) is 18.7. The van der Waals surface area contributed by atoms with Crippen molar-refractivity contribution >= 4 is 23.2 Å². The highest BCUT2D eigenvalue weighted by Gasteiger charge is 2.22. The number of anilines is 2. The van der Waals surface area contributed by atoms with Gasteiger partial charge in [-0.25, -0.2) is 0 Å². The van der Waals surface area contributed by atoms with Crippen molar-refractivity contribution in [2.45, 2.75) is 33.8 Å². The molecular formula is C20H24N2O3. The maximum Gasteiger partial charge on any atom is 0.257 e. The molecule has 5 heteroatoms. The van der Waals surface area contributed by atoms with Crippen LogP contribution in [0.15, 0.2) is 48.5 Å². The Bertz CT molecular complexity index is 764. The van der Waals surface area contributed by atoms with E-state index in [4.69, 9.17) is 0 Å². The summed E-state index contributed by atoms with van der Waals surface area (Å²) >= 11 is 0. The van der Waals surface area contributed by atoms with Gasteiger partial charge in [0.1, 0.15) is 0 Å². The molecule has 0 aliphatic rings. The van der Waals surface area contributed by atoms with Crippen LogP contribution in [0.25, 0.3) is 0 Å². The van der Waals surface area contributed by atoms with E-state index >= 15 is 0 Å². The van der Waals surface area contributed by atoms with Crippen LogP contribution in [0.3, 0.4) is 0 Å². The van der Waals surface area contributed by atoms with Crippen molar-refractivity contribution in [2.24, 2.45) is 5.41 Å². The van der Waals surface area contributed by atoms with Crippen molar-refractivity contribution in [3.8, 4) is 0 Å². The largest absolute Gasteiger partial charge is 0.378 e. The predicted octanol–water partition coefficient (Wildman–Crippen LogP) is 3.65. The Kier molecular flexibility index (Phi) is 5.59. The Labute approximate surface area is 148 Å². The molecule has 0 heterocycles. The zero-order chi connectivity index (χ0) is 18.6. The van der Waals surface area contributed by atoms with Crippen LogP contribution in [0.5, 0.6) is 0 Å². The average Bonchev–Trinajstić information content (AvgIpc) is 2.57. The monoisotopic (exact) mass is 340 g/mol. The van der Waals surface area contributed by atoms with Crippen LogP contribution < -0.4 is 10.6 Å². The molecule has 25 heavy (non-hydrogen) atoms. The molecule has 0 saturated carbocycles. The highest BCUT2D eigenvalue weighted by Crippen LogP contribution is 2.24.